The third-order valence-electron chi connectivity index (χ3n) is 5.10. The largest absolute Gasteiger partial charge is 0.497 e. The van der Waals surface area contributed by atoms with E-state index in [1.165, 1.54) is 12.8 Å². The average Bonchev–Trinajstić information content (AvgIpc) is 3.33. The number of hydrogen-bond acceptors (Lipinski definition) is 10. The third-order valence-corrected chi connectivity index (χ3v) is 5.10. The molecule has 1 fully saturated rings. The molecule has 0 aliphatic heterocycles. The van der Waals surface area contributed by atoms with Crippen LogP contribution in [0.25, 0.3) is 0 Å². The van der Waals surface area contributed by atoms with Crippen molar-refractivity contribution in [3.63, 3.8) is 0 Å². The van der Waals surface area contributed by atoms with Gasteiger partial charge in [-0.25, -0.2) is 0 Å². The van der Waals surface area contributed by atoms with Crippen LogP contribution in [-0.4, -0.2) is 67.6 Å². The first kappa shape index (κ1) is 24.0. The van der Waals surface area contributed by atoms with Crippen molar-refractivity contribution in [3.8, 4) is 5.75 Å². The summed E-state index contributed by atoms with van der Waals surface area (Å²) >= 11 is 0. The van der Waals surface area contributed by atoms with Crippen LogP contribution in [0.3, 0.4) is 0 Å². The van der Waals surface area contributed by atoms with Crippen LogP contribution >= 0.6 is 0 Å². The Hall–Kier alpha value is -2.69. The normalized spacial score (nSPS) is 13.8. The maximum absolute atomic E-state index is 5.55. The van der Waals surface area contributed by atoms with Gasteiger partial charge in [-0.05, 0) is 30.5 Å². The van der Waals surface area contributed by atoms with E-state index < -0.39 is 0 Å². The highest BCUT2D eigenvalue weighted by Crippen LogP contribution is 2.22. The smallest absolute Gasteiger partial charge is 0.229 e. The van der Waals surface area contributed by atoms with Crippen LogP contribution in [0.15, 0.2) is 24.3 Å². The predicted octanol–water partition coefficient (Wildman–Crippen LogP) is 2.25. The molecule has 1 aliphatic carbocycles. The highest BCUT2D eigenvalue weighted by Gasteiger charge is 2.17. The lowest BCUT2D eigenvalue weighted by molar-refractivity contribution is 0.0547. The topological polar surface area (TPSA) is 128 Å². The van der Waals surface area contributed by atoms with Gasteiger partial charge in [-0.1, -0.05) is 25.0 Å². The number of ether oxygens (including phenoxy) is 3. The number of nitrogens with zero attached hydrogens (tertiary/aromatic N) is 3. The van der Waals surface area contributed by atoms with Crippen LogP contribution in [0, 0.1) is 0 Å². The summed E-state index contributed by atoms with van der Waals surface area (Å²) in [5.74, 6) is 2.45. The fraction of sp³-hybridized carbons (Fsp3) is 0.591. The Balaban J connectivity index is 1.53. The molecular weight excluding hydrogens is 410 g/mol. The number of aromatic nitrogens is 3. The number of methoxy groups -OCH3 is 1. The van der Waals surface area contributed by atoms with Gasteiger partial charge in [0.25, 0.3) is 0 Å². The van der Waals surface area contributed by atoms with Crippen molar-refractivity contribution in [2.75, 3.05) is 62.6 Å². The van der Waals surface area contributed by atoms with Crippen molar-refractivity contribution in [2.24, 2.45) is 5.73 Å². The summed E-state index contributed by atoms with van der Waals surface area (Å²) in [6.07, 6.45) is 4.76. The van der Waals surface area contributed by atoms with Crippen molar-refractivity contribution in [2.45, 2.75) is 38.3 Å². The first-order valence-corrected chi connectivity index (χ1v) is 11.3. The Morgan fingerprint density at radius 2 is 1.53 bits per heavy atom. The van der Waals surface area contributed by atoms with E-state index >= 15 is 0 Å². The Morgan fingerprint density at radius 3 is 2.22 bits per heavy atom. The van der Waals surface area contributed by atoms with Gasteiger partial charge < -0.3 is 35.9 Å². The summed E-state index contributed by atoms with van der Waals surface area (Å²) < 4.78 is 16.1. The highest BCUT2D eigenvalue weighted by atomic mass is 16.5. The molecule has 0 bridgehead atoms. The minimum atomic E-state index is 0.413. The molecule has 0 unspecified atom stereocenters. The molecule has 1 aromatic heterocycles. The van der Waals surface area contributed by atoms with Crippen molar-refractivity contribution in [1.29, 1.82) is 0 Å². The molecule has 1 saturated carbocycles. The summed E-state index contributed by atoms with van der Waals surface area (Å²) in [4.78, 5) is 13.6. The van der Waals surface area contributed by atoms with Gasteiger partial charge in [0.1, 0.15) is 5.75 Å². The molecule has 3 rings (SSSR count). The molecule has 0 radical (unpaired) electrons. The Morgan fingerprint density at radius 1 is 0.875 bits per heavy atom. The first-order chi connectivity index (χ1) is 15.8. The van der Waals surface area contributed by atoms with E-state index in [4.69, 9.17) is 19.9 Å². The molecule has 0 spiro atoms. The molecule has 0 amide bonds. The molecule has 5 N–H and O–H groups in total. The van der Waals surface area contributed by atoms with Gasteiger partial charge in [-0.15, -0.1) is 0 Å². The molecular formula is C22H35N7O3. The summed E-state index contributed by atoms with van der Waals surface area (Å²) in [7, 11) is 1.66. The number of nitrogens with one attached hydrogen (secondary N) is 3. The van der Waals surface area contributed by atoms with Crippen LogP contribution < -0.4 is 26.4 Å². The Labute approximate surface area is 189 Å². The zero-order chi connectivity index (χ0) is 22.4. The molecule has 0 atom stereocenters. The van der Waals surface area contributed by atoms with Gasteiger partial charge >= 0.3 is 0 Å². The maximum atomic E-state index is 5.55. The van der Waals surface area contributed by atoms with Gasteiger partial charge in [0.05, 0.1) is 33.5 Å². The highest BCUT2D eigenvalue weighted by molar-refractivity contribution is 5.43. The predicted molar refractivity (Wildman–Crippen MR) is 125 cm³/mol. The van der Waals surface area contributed by atoms with E-state index in [2.05, 4.69) is 30.9 Å². The molecule has 0 saturated heterocycles. The van der Waals surface area contributed by atoms with Crippen LogP contribution in [0.2, 0.25) is 0 Å². The molecule has 10 nitrogen and oxygen atoms in total. The zero-order valence-corrected chi connectivity index (χ0v) is 18.8. The number of hydrogen-bond donors (Lipinski definition) is 4. The van der Waals surface area contributed by atoms with E-state index in [1.807, 2.05) is 24.3 Å². The Bertz CT molecular complexity index is 786. The number of anilines is 3. The van der Waals surface area contributed by atoms with E-state index in [0.29, 0.717) is 69.9 Å². The summed E-state index contributed by atoms with van der Waals surface area (Å²) in [6.45, 7) is 3.85. The lowest BCUT2D eigenvalue weighted by Gasteiger charge is -2.15. The zero-order valence-electron chi connectivity index (χ0n) is 18.8. The third kappa shape index (κ3) is 8.45. The average molecular weight is 446 g/mol. The van der Waals surface area contributed by atoms with Crippen molar-refractivity contribution < 1.29 is 14.2 Å². The monoisotopic (exact) mass is 445 g/mol. The van der Waals surface area contributed by atoms with Crippen LogP contribution in [0.4, 0.5) is 17.8 Å². The second-order valence-electron chi connectivity index (χ2n) is 7.57. The van der Waals surface area contributed by atoms with Gasteiger partial charge in [0.15, 0.2) is 0 Å². The number of nitrogens with two attached hydrogens (primary N) is 1. The van der Waals surface area contributed by atoms with Gasteiger partial charge in [-0.2, -0.15) is 15.0 Å². The van der Waals surface area contributed by atoms with Crippen molar-refractivity contribution >= 4 is 17.8 Å². The lowest BCUT2D eigenvalue weighted by atomic mass is 10.2. The molecule has 176 valence electrons. The minimum absolute atomic E-state index is 0.413. The minimum Gasteiger partial charge on any atom is -0.497 e. The summed E-state index contributed by atoms with van der Waals surface area (Å²) in [5.41, 5.74) is 6.49. The second-order valence-corrected chi connectivity index (χ2v) is 7.57. The molecule has 2 aromatic rings. The maximum Gasteiger partial charge on any atom is 0.229 e. The van der Waals surface area contributed by atoms with E-state index in [0.717, 1.165) is 24.2 Å². The van der Waals surface area contributed by atoms with Crippen LogP contribution in [0.1, 0.15) is 31.2 Å². The van der Waals surface area contributed by atoms with E-state index in [-0.39, 0.29) is 0 Å². The van der Waals surface area contributed by atoms with Crippen molar-refractivity contribution in [3.05, 3.63) is 29.8 Å². The number of benzene rings is 1. The molecule has 1 aliphatic rings. The summed E-state index contributed by atoms with van der Waals surface area (Å²) in [6, 6.07) is 8.31. The van der Waals surface area contributed by atoms with Crippen molar-refractivity contribution in [1.82, 2.24) is 15.0 Å². The lowest BCUT2D eigenvalue weighted by Crippen LogP contribution is -2.20. The fourth-order valence-electron chi connectivity index (χ4n) is 3.42. The standard InChI is InChI=1S/C22H35N7O3/c1-30-19-8-6-17(7-9-19)16-25-21-27-20(24-11-13-32-15-14-31-12-10-23)28-22(29-21)26-18-4-2-3-5-18/h6-9,18H,2-5,10-16,23H2,1H3,(H3,24,25,26,27,28,29). The van der Waals surface area contributed by atoms with Crippen LogP contribution in [-0.2, 0) is 16.0 Å². The van der Waals surface area contributed by atoms with Crippen LogP contribution in [0.5, 0.6) is 5.75 Å². The van der Waals surface area contributed by atoms with Gasteiger partial charge in [-0.3, -0.25) is 0 Å². The first-order valence-electron chi connectivity index (χ1n) is 11.3. The second kappa shape index (κ2) is 13.7. The number of rotatable bonds is 15. The molecule has 32 heavy (non-hydrogen) atoms. The van der Waals surface area contributed by atoms with E-state index in [1.54, 1.807) is 7.11 Å². The van der Waals surface area contributed by atoms with E-state index in [9.17, 15) is 0 Å². The SMILES string of the molecule is COc1ccc(CNc2nc(NCCOCCOCCN)nc(NC3CCCC3)n2)cc1. The van der Waals surface area contributed by atoms with Gasteiger partial charge in [0, 0.05) is 25.7 Å². The Kier molecular flexibility index (Phi) is 10.2. The fourth-order valence-corrected chi connectivity index (χ4v) is 3.42. The quantitative estimate of drug-likeness (QED) is 0.303. The molecule has 10 heteroatoms. The molecule has 1 heterocycles. The molecule has 1 aromatic carbocycles. The summed E-state index contributed by atoms with van der Waals surface area (Å²) in [5, 5.41) is 9.96. The van der Waals surface area contributed by atoms with Gasteiger partial charge in [0.2, 0.25) is 17.8 Å².